The molecule has 0 atom stereocenters. The zero-order valence-electron chi connectivity index (χ0n) is 18.6. The number of ether oxygens (including phenoxy) is 1. The predicted octanol–water partition coefficient (Wildman–Crippen LogP) is 6.55. The van der Waals surface area contributed by atoms with E-state index in [2.05, 4.69) is 5.32 Å². The largest absolute Gasteiger partial charge is 0.462 e. The molecule has 3 aromatic carbocycles. The molecule has 2 amide bonds. The van der Waals surface area contributed by atoms with E-state index >= 15 is 0 Å². The van der Waals surface area contributed by atoms with Crippen molar-refractivity contribution in [3.05, 3.63) is 99.0 Å². The van der Waals surface area contributed by atoms with Gasteiger partial charge in [-0.25, -0.2) is 9.69 Å². The van der Waals surface area contributed by atoms with E-state index in [4.69, 9.17) is 27.9 Å². The molecule has 0 spiro atoms. The van der Waals surface area contributed by atoms with Gasteiger partial charge in [0.2, 0.25) is 0 Å². The molecule has 0 unspecified atom stereocenters. The maximum Gasteiger partial charge on any atom is 0.338 e. The third-order valence-corrected chi connectivity index (χ3v) is 6.46. The number of nitrogens with zero attached hydrogens (tertiary/aromatic N) is 1. The first-order valence-electron chi connectivity index (χ1n) is 10.7. The molecule has 0 saturated carbocycles. The van der Waals surface area contributed by atoms with Gasteiger partial charge in [0.1, 0.15) is 10.6 Å². The Balaban J connectivity index is 1.67. The van der Waals surface area contributed by atoms with Crippen LogP contribution < -0.4 is 10.2 Å². The quantitative estimate of drug-likeness (QED) is 0.265. The number of halogens is 2. The van der Waals surface area contributed by atoms with Crippen LogP contribution in [-0.4, -0.2) is 24.4 Å². The summed E-state index contributed by atoms with van der Waals surface area (Å²) in [4.78, 5) is 41.1. The molecule has 1 N–H and O–H groups in total. The van der Waals surface area contributed by atoms with Gasteiger partial charge in [-0.15, -0.1) is 0 Å². The van der Waals surface area contributed by atoms with E-state index in [0.717, 1.165) is 9.80 Å². The molecule has 178 valence electrons. The number of esters is 1. The van der Waals surface area contributed by atoms with Crippen molar-refractivity contribution < 1.29 is 19.1 Å². The number of carbonyl (C=O) groups excluding carboxylic acids is 3. The fourth-order valence-electron chi connectivity index (χ4n) is 3.35. The van der Waals surface area contributed by atoms with Crippen LogP contribution in [-0.2, 0) is 14.3 Å². The third-order valence-electron chi connectivity index (χ3n) is 4.93. The molecule has 6 nitrogen and oxygen atoms in total. The Morgan fingerprint density at radius 1 is 0.943 bits per heavy atom. The van der Waals surface area contributed by atoms with Gasteiger partial charge in [0.15, 0.2) is 0 Å². The molecule has 3 aromatic rings. The molecule has 1 heterocycles. The summed E-state index contributed by atoms with van der Waals surface area (Å²) in [5, 5.41) is 3.80. The molecule has 1 aliphatic heterocycles. The number of nitrogens with one attached hydrogen (secondary N) is 1. The molecule has 0 aliphatic carbocycles. The molecule has 0 bridgehead atoms. The first-order valence-corrected chi connectivity index (χ1v) is 12.3. The molecule has 9 heteroatoms. The molecular weight excluding hydrogens is 507 g/mol. The van der Waals surface area contributed by atoms with Gasteiger partial charge in [-0.05, 0) is 61.0 Å². The fourth-order valence-corrected chi connectivity index (χ4v) is 4.82. The van der Waals surface area contributed by atoms with E-state index in [1.165, 1.54) is 23.9 Å². The zero-order valence-corrected chi connectivity index (χ0v) is 20.9. The molecule has 4 rings (SSSR count). The highest BCUT2D eigenvalue weighted by Gasteiger charge is 2.40. The SMILES string of the molecule is CCCOC(=O)c1ccc(N2C(=O)C(Nc3cc(Cl)cc(Cl)c3)=C(Sc3ccccc3)C2=O)cc1. The van der Waals surface area contributed by atoms with Crippen LogP contribution in [0.5, 0.6) is 0 Å². The van der Waals surface area contributed by atoms with Crippen LogP contribution in [0.15, 0.2) is 88.3 Å². The number of imide groups is 1. The standard InChI is InChI=1S/C26H20Cl2N2O4S/c1-2-12-34-26(33)16-8-10-20(11-9-16)30-24(31)22(29-19-14-17(27)13-18(28)15-19)23(25(30)32)35-21-6-4-3-5-7-21/h3-11,13-15,29H,2,12H2,1H3. The maximum absolute atomic E-state index is 13.5. The summed E-state index contributed by atoms with van der Waals surface area (Å²) < 4.78 is 5.14. The number of anilines is 2. The molecule has 35 heavy (non-hydrogen) atoms. The Labute approximate surface area is 216 Å². The van der Waals surface area contributed by atoms with Crippen LogP contribution in [0.3, 0.4) is 0 Å². The lowest BCUT2D eigenvalue weighted by Crippen LogP contribution is -2.32. The Morgan fingerprint density at radius 3 is 2.23 bits per heavy atom. The summed E-state index contributed by atoms with van der Waals surface area (Å²) >= 11 is 13.4. The summed E-state index contributed by atoms with van der Waals surface area (Å²) in [6.07, 6.45) is 0.710. The van der Waals surface area contributed by atoms with Crippen molar-refractivity contribution >= 4 is 64.1 Å². The molecule has 0 aromatic heterocycles. The van der Waals surface area contributed by atoms with E-state index in [1.807, 2.05) is 37.3 Å². The number of hydrogen-bond donors (Lipinski definition) is 1. The van der Waals surface area contributed by atoms with Gasteiger partial charge in [0.25, 0.3) is 11.8 Å². The van der Waals surface area contributed by atoms with Crippen molar-refractivity contribution in [2.75, 3.05) is 16.8 Å². The highest BCUT2D eigenvalue weighted by molar-refractivity contribution is 8.04. The van der Waals surface area contributed by atoms with Gasteiger partial charge < -0.3 is 10.1 Å². The molecule has 0 saturated heterocycles. The summed E-state index contributed by atoms with van der Waals surface area (Å²) in [5.41, 5.74) is 1.24. The van der Waals surface area contributed by atoms with Gasteiger partial charge in [-0.3, -0.25) is 9.59 Å². The van der Waals surface area contributed by atoms with Gasteiger partial charge >= 0.3 is 5.97 Å². The van der Waals surface area contributed by atoms with E-state index in [1.54, 1.807) is 30.3 Å². The highest BCUT2D eigenvalue weighted by atomic mass is 35.5. The van der Waals surface area contributed by atoms with Crippen LogP contribution in [0.4, 0.5) is 11.4 Å². The lowest BCUT2D eigenvalue weighted by molar-refractivity contribution is -0.120. The van der Waals surface area contributed by atoms with Gasteiger partial charge in [-0.2, -0.15) is 0 Å². The molecule has 0 radical (unpaired) electrons. The van der Waals surface area contributed by atoms with E-state index < -0.39 is 17.8 Å². The minimum absolute atomic E-state index is 0.105. The van der Waals surface area contributed by atoms with Gasteiger partial charge in [0, 0.05) is 20.6 Å². The van der Waals surface area contributed by atoms with Gasteiger partial charge in [-0.1, -0.05) is 60.1 Å². The summed E-state index contributed by atoms with van der Waals surface area (Å²) in [5.74, 6) is -1.48. The Morgan fingerprint density at radius 2 is 1.60 bits per heavy atom. The number of carbonyl (C=O) groups is 3. The second-order valence-corrected chi connectivity index (χ2v) is 9.49. The zero-order chi connectivity index (χ0) is 24.9. The van der Waals surface area contributed by atoms with E-state index in [0.29, 0.717) is 40.0 Å². The average Bonchev–Trinajstić information content (AvgIpc) is 3.06. The van der Waals surface area contributed by atoms with Gasteiger partial charge in [0.05, 0.1) is 17.9 Å². The van der Waals surface area contributed by atoms with E-state index in [9.17, 15) is 14.4 Å². The van der Waals surface area contributed by atoms with E-state index in [-0.39, 0.29) is 10.6 Å². The maximum atomic E-state index is 13.5. The van der Waals surface area contributed by atoms with Crippen LogP contribution in [0.1, 0.15) is 23.7 Å². The number of hydrogen-bond acceptors (Lipinski definition) is 6. The Kier molecular flexibility index (Phi) is 7.80. The fraction of sp³-hybridized carbons (Fsp3) is 0.115. The number of thioether (sulfide) groups is 1. The predicted molar refractivity (Wildman–Crippen MR) is 139 cm³/mol. The second-order valence-electron chi connectivity index (χ2n) is 7.53. The van der Waals surface area contributed by atoms with Crippen LogP contribution in [0.25, 0.3) is 0 Å². The normalized spacial score (nSPS) is 13.4. The van der Waals surface area contributed by atoms with Crippen molar-refractivity contribution in [1.82, 2.24) is 0 Å². The van der Waals surface area contributed by atoms with Crippen LogP contribution in [0.2, 0.25) is 10.0 Å². The smallest absolute Gasteiger partial charge is 0.338 e. The number of rotatable bonds is 8. The summed E-state index contributed by atoms with van der Waals surface area (Å²) in [6.45, 7) is 2.22. The first-order chi connectivity index (χ1) is 16.9. The minimum Gasteiger partial charge on any atom is -0.462 e. The van der Waals surface area contributed by atoms with Crippen molar-refractivity contribution in [3.8, 4) is 0 Å². The Bertz CT molecular complexity index is 1290. The van der Waals surface area contributed by atoms with Crippen molar-refractivity contribution in [1.29, 1.82) is 0 Å². The monoisotopic (exact) mass is 526 g/mol. The molecule has 0 fully saturated rings. The minimum atomic E-state index is -0.536. The van der Waals surface area contributed by atoms with Crippen molar-refractivity contribution in [2.45, 2.75) is 18.2 Å². The number of benzene rings is 3. The lowest BCUT2D eigenvalue weighted by Gasteiger charge is -2.16. The summed E-state index contributed by atoms with van der Waals surface area (Å²) in [7, 11) is 0. The van der Waals surface area contributed by atoms with Crippen LogP contribution >= 0.6 is 35.0 Å². The Hall–Kier alpha value is -3.26. The molecule has 1 aliphatic rings. The lowest BCUT2D eigenvalue weighted by atomic mass is 10.2. The number of amides is 2. The van der Waals surface area contributed by atoms with Crippen molar-refractivity contribution in [3.63, 3.8) is 0 Å². The topological polar surface area (TPSA) is 75.7 Å². The first kappa shape index (κ1) is 24.9. The van der Waals surface area contributed by atoms with Crippen molar-refractivity contribution in [2.24, 2.45) is 0 Å². The molecular formula is C26H20Cl2N2O4S. The highest BCUT2D eigenvalue weighted by Crippen LogP contribution is 2.38. The summed E-state index contributed by atoms with van der Waals surface area (Å²) in [6, 6.07) is 20.2. The second kappa shape index (κ2) is 11.0. The third kappa shape index (κ3) is 5.70. The van der Waals surface area contributed by atoms with Crippen LogP contribution in [0, 0.1) is 0 Å². The average molecular weight is 527 g/mol.